The van der Waals surface area contributed by atoms with Gasteiger partial charge in [-0.25, -0.2) is 0 Å². The standard InChI is InChI=1S/C15H32N2S/c1-3-5-7-9-10-12-14-17-15(18)16-13-11-8-6-4-2/h3-14H2,1-2H3,(H2,16,17,18). The first-order valence-electron chi connectivity index (χ1n) is 7.83. The second-order valence-electron chi connectivity index (χ2n) is 5.01. The van der Waals surface area contributed by atoms with Crippen molar-refractivity contribution >= 4 is 17.3 Å². The summed E-state index contributed by atoms with van der Waals surface area (Å²) in [5, 5.41) is 7.39. The quantitative estimate of drug-likeness (QED) is 0.407. The van der Waals surface area contributed by atoms with Gasteiger partial charge in [0.25, 0.3) is 0 Å². The fourth-order valence-corrected chi connectivity index (χ4v) is 2.13. The second-order valence-corrected chi connectivity index (χ2v) is 5.42. The maximum absolute atomic E-state index is 5.23. The average molecular weight is 273 g/mol. The largest absolute Gasteiger partial charge is 0.363 e. The Morgan fingerprint density at radius 1 is 0.667 bits per heavy atom. The lowest BCUT2D eigenvalue weighted by molar-refractivity contribution is 0.599. The molecule has 0 rings (SSSR count). The summed E-state index contributed by atoms with van der Waals surface area (Å²) in [6.07, 6.45) is 13.2. The Morgan fingerprint density at radius 3 is 1.56 bits per heavy atom. The van der Waals surface area contributed by atoms with E-state index in [9.17, 15) is 0 Å². The van der Waals surface area contributed by atoms with Crippen LogP contribution in [0.1, 0.15) is 78.1 Å². The van der Waals surface area contributed by atoms with Gasteiger partial charge in [0.2, 0.25) is 0 Å². The van der Waals surface area contributed by atoms with Crippen molar-refractivity contribution in [2.75, 3.05) is 13.1 Å². The van der Waals surface area contributed by atoms with E-state index in [1.807, 2.05) is 0 Å². The smallest absolute Gasteiger partial charge is 0.166 e. The van der Waals surface area contributed by atoms with Crippen molar-refractivity contribution in [3.63, 3.8) is 0 Å². The van der Waals surface area contributed by atoms with E-state index in [1.165, 1.54) is 64.2 Å². The molecule has 3 heteroatoms. The van der Waals surface area contributed by atoms with E-state index in [2.05, 4.69) is 24.5 Å². The molecule has 18 heavy (non-hydrogen) atoms. The van der Waals surface area contributed by atoms with Crippen molar-refractivity contribution in [3.8, 4) is 0 Å². The number of nitrogens with one attached hydrogen (secondary N) is 2. The van der Waals surface area contributed by atoms with Crippen LogP contribution in [0, 0.1) is 0 Å². The van der Waals surface area contributed by atoms with Gasteiger partial charge < -0.3 is 10.6 Å². The Morgan fingerprint density at radius 2 is 1.06 bits per heavy atom. The van der Waals surface area contributed by atoms with Crippen LogP contribution in [-0.4, -0.2) is 18.2 Å². The van der Waals surface area contributed by atoms with Crippen molar-refractivity contribution in [2.45, 2.75) is 78.1 Å². The number of thiocarbonyl (C=S) groups is 1. The first-order valence-corrected chi connectivity index (χ1v) is 8.23. The van der Waals surface area contributed by atoms with Crippen LogP contribution in [0.4, 0.5) is 0 Å². The molecule has 0 heterocycles. The molecule has 0 unspecified atom stereocenters. The zero-order valence-electron chi connectivity index (χ0n) is 12.4. The Hall–Kier alpha value is -0.310. The van der Waals surface area contributed by atoms with E-state index in [0.717, 1.165) is 18.2 Å². The fraction of sp³-hybridized carbons (Fsp3) is 0.933. The van der Waals surface area contributed by atoms with Crippen molar-refractivity contribution in [3.05, 3.63) is 0 Å². The van der Waals surface area contributed by atoms with Gasteiger partial charge in [-0.05, 0) is 25.1 Å². The first-order chi connectivity index (χ1) is 8.81. The molecule has 0 aromatic carbocycles. The molecule has 0 saturated heterocycles. The van der Waals surface area contributed by atoms with Gasteiger partial charge in [0.05, 0.1) is 0 Å². The summed E-state index contributed by atoms with van der Waals surface area (Å²) in [5.74, 6) is 0. The highest BCUT2D eigenvalue weighted by Crippen LogP contribution is 2.03. The summed E-state index contributed by atoms with van der Waals surface area (Å²) in [7, 11) is 0. The van der Waals surface area contributed by atoms with Gasteiger partial charge in [0.15, 0.2) is 5.11 Å². The van der Waals surface area contributed by atoms with E-state index in [0.29, 0.717) is 0 Å². The number of hydrogen-bond acceptors (Lipinski definition) is 1. The molecule has 2 nitrogen and oxygen atoms in total. The first kappa shape index (κ1) is 17.7. The molecule has 0 aliphatic heterocycles. The summed E-state index contributed by atoms with van der Waals surface area (Å²) in [6, 6.07) is 0. The number of rotatable bonds is 12. The van der Waals surface area contributed by atoms with Crippen LogP contribution in [0.3, 0.4) is 0 Å². The molecule has 0 spiro atoms. The predicted molar refractivity (Wildman–Crippen MR) is 86.1 cm³/mol. The van der Waals surface area contributed by atoms with Crippen molar-refractivity contribution < 1.29 is 0 Å². The molecule has 0 aromatic heterocycles. The zero-order chi connectivity index (χ0) is 13.5. The third kappa shape index (κ3) is 13.8. The van der Waals surface area contributed by atoms with Crippen molar-refractivity contribution in [2.24, 2.45) is 0 Å². The maximum Gasteiger partial charge on any atom is 0.166 e. The molecule has 0 atom stereocenters. The SMILES string of the molecule is CCCCCCCCNC(=S)NCCCCCC. The molecular weight excluding hydrogens is 240 g/mol. The lowest BCUT2D eigenvalue weighted by Gasteiger charge is -2.10. The molecule has 0 aliphatic rings. The highest BCUT2D eigenvalue weighted by atomic mass is 32.1. The van der Waals surface area contributed by atoms with Crippen molar-refractivity contribution in [1.29, 1.82) is 0 Å². The van der Waals surface area contributed by atoms with E-state index in [1.54, 1.807) is 0 Å². The van der Waals surface area contributed by atoms with E-state index < -0.39 is 0 Å². The monoisotopic (exact) mass is 272 g/mol. The zero-order valence-corrected chi connectivity index (χ0v) is 13.2. The lowest BCUT2D eigenvalue weighted by Crippen LogP contribution is -2.36. The lowest BCUT2D eigenvalue weighted by atomic mass is 10.1. The van der Waals surface area contributed by atoms with Gasteiger partial charge in [-0.2, -0.15) is 0 Å². The molecule has 0 aliphatic carbocycles. The summed E-state index contributed by atoms with van der Waals surface area (Å²) in [4.78, 5) is 0. The highest BCUT2D eigenvalue weighted by molar-refractivity contribution is 7.80. The fourth-order valence-electron chi connectivity index (χ4n) is 1.92. The van der Waals surface area contributed by atoms with Crippen LogP contribution in [0.5, 0.6) is 0 Å². The summed E-state index contributed by atoms with van der Waals surface area (Å²) in [6.45, 7) is 6.53. The van der Waals surface area contributed by atoms with Crippen LogP contribution in [0.15, 0.2) is 0 Å². The normalized spacial score (nSPS) is 10.3. The minimum Gasteiger partial charge on any atom is -0.363 e. The van der Waals surface area contributed by atoms with E-state index in [4.69, 9.17) is 12.2 Å². The summed E-state index contributed by atoms with van der Waals surface area (Å²) < 4.78 is 0. The van der Waals surface area contributed by atoms with Crippen LogP contribution in [-0.2, 0) is 0 Å². The Kier molecular flexibility index (Phi) is 14.5. The average Bonchev–Trinajstić information content (AvgIpc) is 2.37. The molecular formula is C15H32N2S. The molecule has 0 bridgehead atoms. The number of hydrogen-bond donors (Lipinski definition) is 2. The summed E-state index contributed by atoms with van der Waals surface area (Å²) >= 11 is 5.23. The van der Waals surface area contributed by atoms with Crippen LogP contribution < -0.4 is 10.6 Å². The van der Waals surface area contributed by atoms with Gasteiger partial charge in [-0.15, -0.1) is 0 Å². The highest BCUT2D eigenvalue weighted by Gasteiger charge is 1.95. The van der Waals surface area contributed by atoms with Crippen LogP contribution in [0.25, 0.3) is 0 Å². The topological polar surface area (TPSA) is 24.1 Å². The van der Waals surface area contributed by atoms with Gasteiger partial charge >= 0.3 is 0 Å². The minimum atomic E-state index is 0.833. The van der Waals surface area contributed by atoms with E-state index in [-0.39, 0.29) is 0 Å². The molecule has 0 amide bonds. The van der Waals surface area contributed by atoms with Gasteiger partial charge in [-0.3, -0.25) is 0 Å². The summed E-state index contributed by atoms with van der Waals surface area (Å²) in [5.41, 5.74) is 0. The van der Waals surface area contributed by atoms with Crippen LogP contribution in [0.2, 0.25) is 0 Å². The van der Waals surface area contributed by atoms with Gasteiger partial charge in [-0.1, -0.05) is 65.2 Å². The molecule has 0 aromatic rings. The van der Waals surface area contributed by atoms with Gasteiger partial charge in [0.1, 0.15) is 0 Å². The Balaban J connectivity index is 3.12. The molecule has 2 N–H and O–H groups in total. The molecule has 108 valence electrons. The predicted octanol–water partition coefficient (Wildman–Crippen LogP) is 4.39. The third-order valence-electron chi connectivity index (χ3n) is 3.13. The molecule has 0 saturated carbocycles. The molecule has 0 fully saturated rings. The number of unbranched alkanes of at least 4 members (excludes halogenated alkanes) is 8. The Labute approximate surface area is 119 Å². The van der Waals surface area contributed by atoms with Crippen molar-refractivity contribution in [1.82, 2.24) is 10.6 Å². The molecule has 0 radical (unpaired) electrons. The minimum absolute atomic E-state index is 0.833. The maximum atomic E-state index is 5.23. The van der Waals surface area contributed by atoms with Gasteiger partial charge in [0, 0.05) is 13.1 Å². The Bertz CT molecular complexity index is 183. The second kappa shape index (κ2) is 14.7. The third-order valence-corrected chi connectivity index (χ3v) is 3.42. The van der Waals surface area contributed by atoms with E-state index >= 15 is 0 Å². The van der Waals surface area contributed by atoms with Crippen LogP contribution >= 0.6 is 12.2 Å².